The molecule has 1 aromatic carbocycles. The van der Waals surface area contributed by atoms with Gasteiger partial charge in [-0.2, -0.15) is 0 Å². The molecule has 2 aromatic rings. The van der Waals surface area contributed by atoms with Crippen LogP contribution in [0.3, 0.4) is 0 Å². The van der Waals surface area contributed by atoms with Gasteiger partial charge in [-0.15, -0.1) is 0 Å². The van der Waals surface area contributed by atoms with E-state index in [0.29, 0.717) is 6.54 Å². The molecule has 0 saturated carbocycles. The highest BCUT2D eigenvalue weighted by molar-refractivity contribution is 6.31. The number of benzene rings is 1. The zero-order valence-electron chi connectivity index (χ0n) is 13.5. The van der Waals surface area contributed by atoms with Crippen LogP contribution in [0.15, 0.2) is 18.2 Å². The maximum absolute atomic E-state index is 6.10. The second-order valence-corrected chi connectivity index (χ2v) is 7.39. The van der Waals surface area contributed by atoms with Crippen LogP contribution in [0.1, 0.15) is 52.3 Å². The Labute approximate surface area is 132 Å². The zero-order valence-corrected chi connectivity index (χ0v) is 14.2. The van der Waals surface area contributed by atoms with Crippen LogP contribution in [0.2, 0.25) is 5.02 Å². The van der Waals surface area contributed by atoms with E-state index in [1.807, 2.05) is 12.1 Å². The van der Waals surface area contributed by atoms with E-state index in [9.17, 15) is 0 Å². The van der Waals surface area contributed by atoms with Crippen LogP contribution in [-0.2, 0) is 6.54 Å². The van der Waals surface area contributed by atoms with Gasteiger partial charge in [-0.3, -0.25) is 0 Å². The highest BCUT2D eigenvalue weighted by Gasteiger charge is 2.24. The number of hydrogen-bond acceptors (Lipinski definition) is 2. The number of nitrogens with zero attached hydrogens (tertiary/aromatic N) is 2. The largest absolute Gasteiger partial charge is 0.330 e. The summed E-state index contributed by atoms with van der Waals surface area (Å²) in [6.45, 7) is 10.5. The van der Waals surface area contributed by atoms with E-state index in [-0.39, 0.29) is 11.3 Å². The number of aromatic nitrogens is 2. The lowest BCUT2D eigenvalue weighted by atomic mass is 9.84. The Bertz CT molecular complexity index is 610. The Morgan fingerprint density at radius 1 is 1.33 bits per heavy atom. The molecule has 0 bridgehead atoms. The second kappa shape index (κ2) is 6.37. The van der Waals surface area contributed by atoms with Gasteiger partial charge in [0.05, 0.1) is 11.0 Å². The topological polar surface area (TPSA) is 43.8 Å². The van der Waals surface area contributed by atoms with Gasteiger partial charge in [0.15, 0.2) is 0 Å². The summed E-state index contributed by atoms with van der Waals surface area (Å²) in [7, 11) is 0. The first-order valence-corrected chi connectivity index (χ1v) is 8.09. The van der Waals surface area contributed by atoms with Crippen LogP contribution in [0.4, 0.5) is 0 Å². The van der Waals surface area contributed by atoms with E-state index < -0.39 is 0 Å². The molecule has 2 rings (SSSR count). The smallest absolute Gasteiger partial charge is 0.114 e. The lowest BCUT2D eigenvalue weighted by Gasteiger charge is -2.25. The molecule has 1 heterocycles. The van der Waals surface area contributed by atoms with Crippen molar-refractivity contribution in [1.82, 2.24) is 9.55 Å². The van der Waals surface area contributed by atoms with Gasteiger partial charge in [-0.25, -0.2) is 4.98 Å². The molecule has 1 aromatic heterocycles. The molecule has 0 aliphatic carbocycles. The van der Waals surface area contributed by atoms with Crippen LogP contribution in [-0.4, -0.2) is 16.1 Å². The fraction of sp³-hybridized carbons (Fsp3) is 0.588. The third-order valence-electron chi connectivity index (χ3n) is 3.70. The number of imidazole rings is 1. The van der Waals surface area contributed by atoms with Crippen molar-refractivity contribution in [2.24, 2.45) is 11.1 Å². The quantitative estimate of drug-likeness (QED) is 0.878. The minimum Gasteiger partial charge on any atom is -0.330 e. The third kappa shape index (κ3) is 3.78. The fourth-order valence-corrected chi connectivity index (χ4v) is 3.08. The summed E-state index contributed by atoms with van der Waals surface area (Å²) >= 11 is 6.10. The Morgan fingerprint density at radius 3 is 2.62 bits per heavy atom. The summed E-state index contributed by atoms with van der Waals surface area (Å²) < 4.78 is 2.31. The molecule has 0 fully saturated rings. The molecule has 1 atom stereocenters. The molecule has 1 unspecified atom stereocenters. The minimum absolute atomic E-state index is 0.233. The monoisotopic (exact) mass is 307 g/mol. The van der Waals surface area contributed by atoms with Crippen LogP contribution in [0.5, 0.6) is 0 Å². The van der Waals surface area contributed by atoms with Gasteiger partial charge in [-0.1, -0.05) is 39.3 Å². The van der Waals surface area contributed by atoms with Crippen molar-refractivity contribution in [3.63, 3.8) is 0 Å². The fourth-order valence-electron chi connectivity index (χ4n) is 2.91. The van der Waals surface area contributed by atoms with Gasteiger partial charge in [0.1, 0.15) is 5.82 Å². The molecule has 21 heavy (non-hydrogen) atoms. The number of hydrogen-bond donors (Lipinski definition) is 1. The van der Waals surface area contributed by atoms with Crippen molar-refractivity contribution in [2.45, 2.75) is 53.0 Å². The number of fused-ring (bicyclic) bond motifs is 1. The van der Waals surface area contributed by atoms with E-state index >= 15 is 0 Å². The average molecular weight is 308 g/mol. The van der Waals surface area contributed by atoms with Gasteiger partial charge < -0.3 is 10.3 Å². The van der Waals surface area contributed by atoms with Gasteiger partial charge in [0.25, 0.3) is 0 Å². The van der Waals surface area contributed by atoms with E-state index in [1.54, 1.807) is 0 Å². The van der Waals surface area contributed by atoms with Crippen molar-refractivity contribution < 1.29 is 0 Å². The molecule has 0 amide bonds. The summed E-state index contributed by atoms with van der Waals surface area (Å²) in [6, 6.07) is 5.94. The van der Waals surface area contributed by atoms with Crippen LogP contribution < -0.4 is 5.73 Å². The normalized spacial score (nSPS) is 13.8. The van der Waals surface area contributed by atoms with Gasteiger partial charge in [-0.05, 0) is 36.5 Å². The third-order valence-corrected chi connectivity index (χ3v) is 3.93. The van der Waals surface area contributed by atoms with Crippen LogP contribution in [0, 0.1) is 5.41 Å². The predicted octanol–water partition coefficient (Wildman–Crippen LogP) is 4.58. The van der Waals surface area contributed by atoms with Crippen molar-refractivity contribution in [3.05, 3.63) is 29.0 Å². The molecule has 3 nitrogen and oxygen atoms in total. The Kier molecular flexibility index (Phi) is 4.95. The first-order valence-electron chi connectivity index (χ1n) is 7.71. The van der Waals surface area contributed by atoms with Crippen LogP contribution in [0.25, 0.3) is 11.0 Å². The molecule has 0 aliphatic rings. The van der Waals surface area contributed by atoms with Crippen LogP contribution >= 0.6 is 11.6 Å². The SMILES string of the molecule is CCCn1c(C(CN)CC(C)(C)C)nc2cc(Cl)ccc21. The molecule has 0 spiro atoms. The zero-order chi connectivity index (χ0) is 15.6. The Morgan fingerprint density at radius 2 is 2.05 bits per heavy atom. The Balaban J connectivity index is 2.52. The van der Waals surface area contributed by atoms with Gasteiger partial charge >= 0.3 is 0 Å². The summed E-state index contributed by atoms with van der Waals surface area (Å²) in [5.74, 6) is 1.38. The molecule has 0 aliphatic heterocycles. The lowest BCUT2D eigenvalue weighted by Crippen LogP contribution is -2.22. The molecule has 0 saturated heterocycles. The second-order valence-electron chi connectivity index (χ2n) is 6.95. The molecule has 2 N–H and O–H groups in total. The molecular formula is C17H26ClN3. The summed E-state index contributed by atoms with van der Waals surface area (Å²) in [4.78, 5) is 4.85. The van der Waals surface area contributed by atoms with Crippen molar-refractivity contribution in [3.8, 4) is 0 Å². The predicted molar refractivity (Wildman–Crippen MR) is 90.9 cm³/mol. The molecular weight excluding hydrogens is 282 g/mol. The van der Waals surface area contributed by atoms with Gasteiger partial charge in [0, 0.05) is 24.0 Å². The van der Waals surface area contributed by atoms with Crippen molar-refractivity contribution in [2.75, 3.05) is 6.54 Å². The summed E-state index contributed by atoms with van der Waals surface area (Å²) in [6.07, 6.45) is 2.11. The first-order chi connectivity index (χ1) is 9.85. The number of aryl methyl sites for hydroxylation is 1. The lowest BCUT2D eigenvalue weighted by molar-refractivity contribution is 0.331. The average Bonchev–Trinajstić information content (AvgIpc) is 2.73. The number of nitrogens with two attached hydrogens (primary N) is 1. The number of rotatable bonds is 5. The minimum atomic E-state index is 0.233. The Hall–Kier alpha value is -1.06. The van der Waals surface area contributed by atoms with E-state index in [0.717, 1.165) is 41.3 Å². The highest BCUT2D eigenvalue weighted by Crippen LogP contribution is 2.32. The standard InChI is InChI=1S/C17H26ClN3/c1-5-8-21-15-7-6-13(18)9-14(15)20-16(21)12(11-19)10-17(2,3)4/h6-7,9,12H,5,8,10-11,19H2,1-4H3. The molecule has 0 radical (unpaired) electrons. The first kappa shape index (κ1) is 16.3. The number of halogens is 1. The summed E-state index contributed by atoms with van der Waals surface area (Å²) in [5.41, 5.74) is 8.41. The maximum Gasteiger partial charge on any atom is 0.114 e. The summed E-state index contributed by atoms with van der Waals surface area (Å²) in [5, 5.41) is 0.732. The van der Waals surface area contributed by atoms with E-state index in [4.69, 9.17) is 22.3 Å². The molecule has 4 heteroatoms. The van der Waals surface area contributed by atoms with Gasteiger partial charge in [0.2, 0.25) is 0 Å². The molecule has 116 valence electrons. The van der Waals surface area contributed by atoms with Crippen molar-refractivity contribution in [1.29, 1.82) is 0 Å². The maximum atomic E-state index is 6.10. The van der Waals surface area contributed by atoms with E-state index in [2.05, 4.69) is 38.3 Å². The van der Waals surface area contributed by atoms with E-state index in [1.165, 1.54) is 0 Å². The van der Waals surface area contributed by atoms with Crippen molar-refractivity contribution >= 4 is 22.6 Å². The highest BCUT2D eigenvalue weighted by atomic mass is 35.5.